The molecule has 1 atom stereocenters. The highest BCUT2D eigenvalue weighted by Crippen LogP contribution is 2.40. The lowest BCUT2D eigenvalue weighted by Gasteiger charge is -2.26. The highest BCUT2D eigenvalue weighted by atomic mass is 79.9. The standard InChI is InChI=1S/C14H17BrN2O/c15-13(9-4-2-1-3-5-9)10-6-7-11-12(8-10)17-14(18)16-11/h6-9,13H,1-5H2,(H2,16,17,18). The van der Waals surface area contributed by atoms with Crippen molar-refractivity contribution in [2.45, 2.75) is 36.9 Å². The zero-order chi connectivity index (χ0) is 12.5. The third-order valence-electron chi connectivity index (χ3n) is 3.92. The molecule has 96 valence electrons. The lowest BCUT2D eigenvalue weighted by Crippen LogP contribution is -2.11. The van der Waals surface area contributed by atoms with Gasteiger partial charge in [0.1, 0.15) is 0 Å². The minimum absolute atomic E-state index is 0.133. The molecule has 2 N–H and O–H groups in total. The average Bonchev–Trinajstić information content (AvgIpc) is 2.78. The summed E-state index contributed by atoms with van der Waals surface area (Å²) in [5.41, 5.74) is 2.92. The molecule has 18 heavy (non-hydrogen) atoms. The highest BCUT2D eigenvalue weighted by molar-refractivity contribution is 9.09. The second kappa shape index (κ2) is 4.92. The van der Waals surface area contributed by atoms with Gasteiger partial charge in [0.15, 0.2) is 0 Å². The molecule has 0 aliphatic heterocycles. The molecule has 1 aromatic heterocycles. The third kappa shape index (κ3) is 2.26. The maximum atomic E-state index is 11.2. The normalized spacial score (nSPS) is 19.2. The van der Waals surface area contributed by atoms with E-state index >= 15 is 0 Å². The first-order chi connectivity index (χ1) is 8.74. The Hall–Kier alpha value is -1.03. The number of aromatic nitrogens is 2. The van der Waals surface area contributed by atoms with Crippen molar-refractivity contribution in [3.05, 3.63) is 34.2 Å². The van der Waals surface area contributed by atoms with Crippen molar-refractivity contribution in [3.8, 4) is 0 Å². The minimum atomic E-state index is -0.133. The smallest absolute Gasteiger partial charge is 0.306 e. The van der Waals surface area contributed by atoms with Crippen molar-refractivity contribution >= 4 is 27.0 Å². The van der Waals surface area contributed by atoms with E-state index in [1.54, 1.807) is 0 Å². The fraction of sp³-hybridized carbons (Fsp3) is 0.500. The van der Waals surface area contributed by atoms with Gasteiger partial charge in [-0.3, -0.25) is 0 Å². The topological polar surface area (TPSA) is 48.6 Å². The molecule has 4 heteroatoms. The summed E-state index contributed by atoms with van der Waals surface area (Å²) in [7, 11) is 0. The molecule has 1 saturated carbocycles. The first-order valence-corrected chi connectivity index (χ1v) is 7.51. The Labute approximate surface area is 114 Å². The van der Waals surface area contributed by atoms with Gasteiger partial charge in [-0.25, -0.2) is 4.79 Å². The summed E-state index contributed by atoms with van der Waals surface area (Å²) in [6, 6.07) is 6.18. The van der Waals surface area contributed by atoms with Crippen LogP contribution in [0.25, 0.3) is 11.0 Å². The molecule has 3 nitrogen and oxygen atoms in total. The average molecular weight is 309 g/mol. The maximum absolute atomic E-state index is 11.2. The molecule has 1 heterocycles. The van der Waals surface area contributed by atoms with Crippen LogP contribution in [0.1, 0.15) is 42.5 Å². The molecular weight excluding hydrogens is 292 g/mol. The van der Waals surface area contributed by atoms with E-state index in [4.69, 9.17) is 0 Å². The zero-order valence-electron chi connectivity index (χ0n) is 10.2. The van der Waals surface area contributed by atoms with E-state index in [9.17, 15) is 4.79 Å². The summed E-state index contributed by atoms with van der Waals surface area (Å²) in [6.45, 7) is 0. The molecule has 0 amide bonds. The zero-order valence-corrected chi connectivity index (χ0v) is 11.8. The third-order valence-corrected chi connectivity index (χ3v) is 5.20. The van der Waals surface area contributed by atoms with Crippen molar-refractivity contribution in [2.24, 2.45) is 5.92 Å². The molecule has 1 unspecified atom stereocenters. The van der Waals surface area contributed by atoms with Gasteiger partial charge in [0, 0.05) is 4.83 Å². The number of nitrogens with one attached hydrogen (secondary N) is 2. The van der Waals surface area contributed by atoms with E-state index in [2.05, 4.69) is 38.0 Å². The molecule has 1 aliphatic rings. The second-order valence-corrected chi connectivity index (χ2v) is 6.17. The van der Waals surface area contributed by atoms with Gasteiger partial charge in [-0.1, -0.05) is 41.3 Å². The second-order valence-electron chi connectivity index (χ2n) is 5.18. The summed E-state index contributed by atoms with van der Waals surface area (Å²) < 4.78 is 0. The fourth-order valence-corrected chi connectivity index (χ4v) is 3.73. The van der Waals surface area contributed by atoms with Crippen LogP contribution in [0, 0.1) is 5.92 Å². The van der Waals surface area contributed by atoms with Gasteiger partial charge in [-0.05, 0) is 36.5 Å². The van der Waals surface area contributed by atoms with E-state index in [-0.39, 0.29) is 5.69 Å². The van der Waals surface area contributed by atoms with Gasteiger partial charge in [-0.15, -0.1) is 0 Å². The van der Waals surface area contributed by atoms with Crippen molar-refractivity contribution in [3.63, 3.8) is 0 Å². The van der Waals surface area contributed by atoms with Crippen LogP contribution in [0.4, 0.5) is 0 Å². The number of aromatic amines is 2. The molecule has 0 radical (unpaired) electrons. The summed E-state index contributed by atoms with van der Waals surface area (Å²) in [4.78, 5) is 17.3. The van der Waals surface area contributed by atoms with Crippen LogP contribution >= 0.6 is 15.9 Å². The molecule has 3 rings (SSSR count). The molecule has 2 aromatic rings. The summed E-state index contributed by atoms with van der Waals surface area (Å²) in [5, 5.41) is 0. The van der Waals surface area contributed by atoms with E-state index in [0.29, 0.717) is 4.83 Å². The number of fused-ring (bicyclic) bond motifs is 1. The number of halogens is 1. The van der Waals surface area contributed by atoms with Crippen LogP contribution in [0.2, 0.25) is 0 Å². The number of H-pyrrole nitrogens is 2. The van der Waals surface area contributed by atoms with E-state index in [1.165, 1.54) is 37.7 Å². The molecule has 1 aromatic carbocycles. The van der Waals surface area contributed by atoms with Gasteiger partial charge in [0.25, 0.3) is 0 Å². The van der Waals surface area contributed by atoms with E-state index in [1.807, 2.05) is 6.07 Å². The first-order valence-electron chi connectivity index (χ1n) is 6.60. The van der Waals surface area contributed by atoms with Gasteiger partial charge >= 0.3 is 5.69 Å². The SMILES string of the molecule is O=c1[nH]c2ccc(C(Br)C3CCCCC3)cc2[nH]1. The Morgan fingerprint density at radius 3 is 2.61 bits per heavy atom. The number of hydrogen-bond acceptors (Lipinski definition) is 1. The van der Waals surface area contributed by atoms with Gasteiger partial charge < -0.3 is 9.97 Å². The summed E-state index contributed by atoms with van der Waals surface area (Å²) >= 11 is 3.84. The van der Waals surface area contributed by atoms with Crippen LogP contribution in [-0.4, -0.2) is 9.97 Å². The largest absolute Gasteiger partial charge is 0.323 e. The molecule has 1 fully saturated rings. The number of hydrogen-bond donors (Lipinski definition) is 2. The first kappa shape index (κ1) is 12.0. The van der Waals surface area contributed by atoms with E-state index in [0.717, 1.165) is 17.0 Å². The van der Waals surface area contributed by atoms with Gasteiger partial charge in [0.2, 0.25) is 0 Å². The number of rotatable bonds is 2. The predicted octanol–water partition coefficient (Wildman–Crippen LogP) is 3.87. The Bertz CT molecular complexity index is 595. The van der Waals surface area contributed by atoms with Crippen LogP contribution in [-0.2, 0) is 0 Å². The number of alkyl halides is 1. The molecule has 0 spiro atoms. The molecule has 0 saturated heterocycles. The van der Waals surface area contributed by atoms with Crippen LogP contribution < -0.4 is 5.69 Å². The summed E-state index contributed by atoms with van der Waals surface area (Å²) in [6.07, 6.45) is 6.67. The van der Waals surface area contributed by atoms with Crippen molar-refractivity contribution < 1.29 is 0 Å². The van der Waals surface area contributed by atoms with Crippen LogP contribution in [0.15, 0.2) is 23.0 Å². The quantitative estimate of drug-likeness (QED) is 0.813. The predicted molar refractivity (Wildman–Crippen MR) is 77.2 cm³/mol. The van der Waals surface area contributed by atoms with Crippen molar-refractivity contribution in [1.82, 2.24) is 9.97 Å². The Morgan fingerprint density at radius 2 is 1.83 bits per heavy atom. The highest BCUT2D eigenvalue weighted by Gasteiger charge is 2.22. The Kier molecular flexibility index (Phi) is 3.29. The monoisotopic (exact) mass is 308 g/mol. The maximum Gasteiger partial charge on any atom is 0.323 e. The van der Waals surface area contributed by atoms with Crippen LogP contribution in [0.5, 0.6) is 0 Å². The Balaban J connectivity index is 1.90. The van der Waals surface area contributed by atoms with Crippen molar-refractivity contribution in [1.29, 1.82) is 0 Å². The summed E-state index contributed by atoms with van der Waals surface area (Å²) in [5.74, 6) is 0.724. The van der Waals surface area contributed by atoms with Crippen molar-refractivity contribution in [2.75, 3.05) is 0 Å². The fourth-order valence-electron chi connectivity index (χ4n) is 2.92. The molecular formula is C14H17BrN2O. The Morgan fingerprint density at radius 1 is 1.11 bits per heavy atom. The van der Waals surface area contributed by atoms with Gasteiger partial charge in [0.05, 0.1) is 11.0 Å². The minimum Gasteiger partial charge on any atom is -0.306 e. The van der Waals surface area contributed by atoms with E-state index < -0.39 is 0 Å². The van der Waals surface area contributed by atoms with Gasteiger partial charge in [-0.2, -0.15) is 0 Å². The number of benzene rings is 1. The lowest BCUT2D eigenvalue weighted by atomic mass is 9.85. The molecule has 0 bridgehead atoms. The van der Waals surface area contributed by atoms with Crippen LogP contribution in [0.3, 0.4) is 0 Å². The lowest BCUT2D eigenvalue weighted by molar-refractivity contribution is 0.355. The molecule has 1 aliphatic carbocycles. The number of imidazole rings is 1.